The van der Waals surface area contributed by atoms with Crippen molar-refractivity contribution in [1.82, 2.24) is 0 Å². The summed E-state index contributed by atoms with van der Waals surface area (Å²) in [5.41, 5.74) is -0.717. The predicted octanol–water partition coefficient (Wildman–Crippen LogP) is -1.57. The van der Waals surface area contributed by atoms with E-state index in [0.29, 0.717) is 25.4 Å². The van der Waals surface area contributed by atoms with Crippen LogP contribution in [0.2, 0.25) is 0 Å². The SMILES string of the molecule is CC(C)=C[C@H]1C[C@](C)(O)[C@@H]2[C@H]3CC[C@@H]4[C@@]5(C)CC[C@H](O[C@@H]6OC[C@H](O)[C@H](O[C@@H]7O[C@H](CO[C@@H]8O[C@H](CO)[C@@H](O)[C@H](O)[C@H]8O)[C@@H](O)[C@H](O)[C@H]7O)[C@H]6O[C@@H]6O[C@@H](CO)[C@H](O)[C@H]6O)C(C)(C)[C@@H]5CC[C@@]4(C)[C@@]34CO[C@@]2(C4)O1. The third kappa shape index (κ3) is 8.83. The van der Waals surface area contributed by atoms with Crippen molar-refractivity contribution in [2.75, 3.05) is 33.0 Å². The molecule has 74 heavy (non-hydrogen) atoms. The van der Waals surface area contributed by atoms with Crippen LogP contribution in [0, 0.1) is 45.3 Å². The second-order valence-electron chi connectivity index (χ2n) is 25.3. The summed E-state index contributed by atoms with van der Waals surface area (Å²) in [6.07, 6.45) is -21.2. The fourth-order valence-corrected chi connectivity index (χ4v) is 17.0. The maximum Gasteiger partial charge on any atom is 0.187 e. The molecule has 12 N–H and O–H groups in total. The fraction of sp³-hybridized carbons (Fsp3) is 0.962. The van der Waals surface area contributed by atoms with Crippen molar-refractivity contribution in [1.29, 1.82) is 0 Å². The summed E-state index contributed by atoms with van der Waals surface area (Å²) >= 11 is 0. The number of hydrogen-bond donors (Lipinski definition) is 12. The number of aliphatic hydroxyl groups excluding tert-OH is 11. The Kier molecular flexibility index (Phi) is 15.3. The standard InChI is InChI=1S/C52H84O22/c1-22(2)14-23-15-50(7,64)42-24-8-9-30-48(5)12-11-31(47(3,4)29(48)10-13-49(30,6)51(24)20-52(42,74-23)67-21-51)71-46-41(73-44-37(61)33(57)27(17-54)69-44)40(25(55)18-65-46)72-45-39(63)36(60)34(58)28(70-45)19-66-43-38(62)35(59)32(56)26(16-53)68-43/h14,23-46,53-64H,8-13,15-21H2,1-7H3/t23-,24+,25-,26+,27-,28+,29-,30+,31-,32+,33-,34+,35-,36-,37+,38+,39+,40-,41+,42-,43+,44-,45-,46-,48-,49+,50-,51-,52-/m0/s1. The molecule has 10 rings (SSSR count). The lowest BCUT2D eigenvalue weighted by molar-refractivity contribution is -0.378. The highest BCUT2D eigenvalue weighted by molar-refractivity contribution is 5.27. The van der Waals surface area contributed by atoms with E-state index in [1.54, 1.807) is 0 Å². The van der Waals surface area contributed by atoms with Crippen LogP contribution >= 0.6 is 0 Å². The van der Waals surface area contributed by atoms with Crippen LogP contribution in [0.25, 0.3) is 0 Å². The summed E-state index contributed by atoms with van der Waals surface area (Å²) in [6, 6.07) is 0. The second kappa shape index (κ2) is 20.1. The van der Waals surface area contributed by atoms with Crippen LogP contribution in [0.15, 0.2) is 11.6 Å². The Morgan fingerprint density at radius 2 is 1.23 bits per heavy atom. The quantitative estimate of drug-likeness (QED) is 0.0776. The summed E-state index contributed by atoms with van der Waals surface area (Å²) < 4.78 is 62.4. The summed E-state index contributed by atoms with van der Waals surface area (Å²) in [5.74, 6) is -0.233. The van der Waals surface area contributed by atoms with Crippen LogP contribution in [0.5, 0.6) is 0 Å². The van der Waals surface area contributed by atoms with E-state index in [1.165, 1.54) is 0 Å². The number of hydrogen-bond acceptors (Lipinski definition) is 22. The van der Waals surface area contributed by atoms with Gasteiger partial charge in [-0.05, 0) is 93.3 Å². The molecule has 0 aromatic rings. The molecule has 2 bridgehead atoms. The van der Waals surface area contributed by atoms with Crippen molar-refractivity contribution < 1.29 is 109 Å². The van der Waals surface area contributed by atoms with Crippen molar-refractivity contribution >= 4 is 0 Å². The number of allylic oxidation sites excluding steroid dienone is 1. The van der Waals surface area contributed by atoms with Crippen molar-refractivity contribution in [3.8, 4) is 0 Å². The molecule has 10 aliphatic rings. The van der Waals surface area contributed by atoms with Crippen molar-refractivity contribution in [3.05, 3.63) is 11.6 Å². The zero-order valence-electron chi connectivity index (χ0n) is 43.6. The second-order valence-corrected chi connectivity index (χ2v) is 25.3. The number of ether oxygens (including phenoxy) is 10. The van der Waals surface area contributed by atoms with Gasteiger partial charge in [0.05, 0.1) is 50.8 Å². The molecule has 29 atom stereocenters. The van der Waals surface area contributed by atoms with Gasteiger partial charge in [-0.15, -0.1) is 0 Å². The highest BCUT2D eigenvalue weighted by atomic mass is 16.8. The van der Waals surface area contributed by atoms with Gasteiger partial charge in [-0.25, -0.2) is 0 Å². The van der Waals surface area contributed by atoms with Crippen LogP contribution in [0.3, 0.4) is 0 Å². The lowest BCUT2D eigenvalue weighted by Gasteiger charge is -2.70. The van der Waals surface area contributed by atoms with Crippen molar-refractivity contribution in [3.63, 3.8) is 0 Å². The first-order valence-corrected chi connectivity index (χ1v) is 27.0. The topological polar surface area (TPSA) is 335 Å². The summed E-state index contributed by atoms with van der Waals surface area (Å²) in [6.45, 7) is 13.6. The molecule has 0 radical (unpaired) electrons. The average Bonchev–Trinajstić information content (AvgIpc) is 3.96. The molecule has 424 valence electrons. The Bertz CT molecular complexity index is 2020. The van der Waals surface area contributed by atoms with Gasteiger partial charge in [0, 0.05) is 24.2 Å². The Balaban J connectivity index is 0.879. The molecule has 6 saturated heterocycles. The fourth-order valence-electron chi connectivity index (χ4n) is 17.0. The zero-order valence-corrected chi connectivity index (χ0v) is 43.6. The van der Waals surface area contributed by atoms with Gasteiger partial charge in [0.1, 0.15) is 85.5 Å². The third-order valence-corrected chi connectivity index (χ3v) is 20.5. The zero-order chi connectivity index (χ0) is 53.4. The van der Waals surface area contributed by atoms with Gasteiger partial charge < -0.3 is 109 Å². The van der Waals surface area contributed by atoms with Crippen LogP contribution in [0.4, 0.5) is 0 Å². The maximum atomic E-state index is 12.3. The van der Waals surface area contributed by atoms with Gasteiger partial charge in [0.2, 0.25) is 0 Å². The van der Waals surface area contributed by atoms with Crippen molar-refractivity contribution in [2.24, 2.45) is 45.3 Å². The molecule has 4 saturated carbocycles. The first-order chi connectivity index (χ1) is 34.8. The van der Waals surface area contributed by atoms with Crippen LogP contribution in [-0.2, 0) is 47.4 Å². The molecule has 22 nitrogen and oxygen atoms in total. The molecule has 0 unspecified atom stereocenters. The minimum Gasteiger partial charge on any atom is -0.394 e. The van der Waals surface area contributed by atoms with Crippen LogP contribution < -0.4 is 0 Å². The number of rotatable bonds is 12. The molecular formula is C52H84O22. The van der Waals surface area contributed by atoms with E-state index in [2.05, 4.69) is 47.6 Å². The Morgan fingerprint density at radius 1 is 0.635 bits per heavy atom. The van der Waals surface area contributed by atoms with Gasteiger partial charge in [-0.1, -0.05) is 39.3 Å². The smallest absolute Gasteiger partial charge is 0.187 e. The van der Waals surface area contributed by atoms with E-state index in [0.717, 1.165) is 44.1 Å². The molecule has 0 amide bonds. The molecule has 22 heteroatoms. The normalized spacial score (nSPS) is 56.7. The number of fused-ring (bicyclic) bond motifs is 4. The first-order valence-electron chi connectivity index (χ1n) is 27.0. The van der Waals surface area contributed by atoms with Gasteiger partial charge in [-0.2, -0.15) is 0 Å². The first kappa shape index (κ1) is 56.1. The molecule has 6 heterocycles. The molecule has 6 aliphatic heterocycles. The summed E-state index contributed by atoms with van der Waals surface area (Å²) in [5, 5.41) is 130. The summed E-state index contributed by atoms with van der Waals surface area (Å²) in [4.78, 5) is 0. The Labute approximate surface area is 431 Å². The highest BCUT2D eigenvalue weighted by Crippen LogP contribution is 2.80. The molecule has 10 fully saturated rings. The summed E-state index contributed by atoms with van der Waals surface area (Å²) in [7, 11) is 0. The van der Waals surface area contributed by atoms with E-state index in [1.807, 2.05) is 6.92 Å². The lowest BCUT2D eigenvalue weighted by Crippen LogP contribution is -2.67. The molecule has 0 aromatic heterocycles. The van der Waals surface area contributed by atoms with E-state index in [4.69, 9.17) is 47.4 Å². The average molecular weight is 1060 g/mol. The third-order valence-electron chi connectivity index (χ3n) is 20.5. The maximum absolute atomic E-state index is 12.3. The van der Waals surface area contributed by atoms with Gasteiger partial charge >= 0.3 is 0 Å². The molecule has 2 spiro atoms. The van der Waals surface area contributed by atoms with Gasteiger partial charge in [-0.3, -0.25) is 0 Å². The minimum atomic E-state index is -1.94. The number of aliphatic hydroxyl groups is 12. The van der Waals surface area contributed by atoms with Crippen LogP contribution in [0.1, 0.15) is 99.8 Å². The van der Waals surface area contributed by atoms with E-state index >= 15 is 0 Å². The molecule has 4 aliphatic carbocycles. The molecule has 0 aromatic carbocycles. The largest absolute Gasteiger partial charge is 0.394 e. The van der Waals surface area contributed by atoms with Crippen LogP contribution in [-0.4, -0.2) is 229 Å². The lowest BCUT2D eigenvalue weighted by atomic mass is 9.35. The molecular weight excluding hydrogens is 977 g/mol. The van der Waals surface area contributed by atoms with E-state index in [9.17, 15) is 61.3 Å². The Hall–Kier alpha value is -1.14. The monoisotopic (exact) mass is 1060 g/mol. The van der Waals surface area contributed by atoms with E-state index in [-0.39, 0.29) is 46.7 Å². The van der Waals surface area contributed by atoms with Crippen molar-refractivity contribution in [2.45, 2.75) is 234 Å². The Morgan fingerprint density at radius 3 is 1.89 bits per heavy atom. The van der Waals surface area contributed by atoms with Gasteiger partial charge in [0.15, 0.2) is 30.9 Å². The highest BCUT2D eigenvalue weighted by Gasteiger charge is 2.81. The van der Waals surface area contributed by atoms with Gasteiger partial charge in [0.25, 0.3) is 0 Å². The van der Waals surface area contributed by atoms with E-state index < -0.39 is 153 Å². The minimum absolute atomic E-state index is 0.108. The predicted molar refractivity (Wildman–Crippen MR) is 251 cm³/mol.